The van der Waals surface area contributed by atoms with Gasteiger partial charge in [0.15, 0.2) is 0 Å². The highest BCUT2D eigenvalue weighted by molar-refractivity contribution is 6.30. The molecule has 1 N–H and O–H groups in total. The fourth-order valence-electron chi connectivity index (χ4n) is 5.13. The number of nitrogens with one attached hydrogen (secondary N) is 1. The van der Waals surface area contributed by atoms with Gasteiger partial charge < -0.3 is 10.2 Å². The molecular formula is C25H24ClN7O. The van der Waals surface area contributed by atoms with E-state index in [0.29, 0.717) is 22.8 Å². The second kappa shape index (κ2) is 8.41. The van der Waals surface area contributed by atoms with E-state index in [2.05, 4.69) is 31.4 Å². The second-order valence-corrected chi connectivity index (χ2v) is 10.1. The van der Waals surface area contributed by atoms with Gasteiger partial charge in [-0.2, -0.15) is 10.4 Å². The minimum absolute atomic E-state index is 0.0609. The zero-order chi connectivity index (χ0) is 23.2. The SMILES string of the molecule is N#Cc1ccc(Cl)cc1C1CC(NC(=O)c2ccn(Cc3cnc(N4CC5CC5C4)nc3)n2)C1. The van der Waals surface area contributed by atoms with Gasteiger partial charge in [-0.3, -0.25) is 9.48 Å². The molecule has 8 nitrogen and oxygen atoms in total. The Labute approximate surface area is 202 Å². The zero-order valence-corrected chi connectivity index (χ0v) is 19.3. The molecule has 9 heteroatoms. The summed E-state index contributed by atoms with van der Waals surface area (Å²) in [7, 11) is 0. The van der Waals surface area contributed by atoms with Crippen molar-refractivity contribution < 1.29 is 4.79 Å². The molecule has 2 saturated carbocycles. The van der Waals surface area contributed by atoms with Crippen molar-refractivity contribution in [3.63, 3.8) is 0 Å². The van der Waals surface area contributed by atoms with Gasteiger partial charge in [-0.1, -0.05) is 11.6 Å². The van der Waals surface area contributed by atoms with Crippen LogP contribution < -0.4 is 10.2 Å². The molecule has 6 rings (SSSR count). The molecule has 1 aliphatic heterocycles. The Morgan fingerprint density at radius 1 is 1.15 bits per heavy atom. The standard InChI is InChI=1S/C25H24ClN7O/c26-20-2-1-16(9-27)22(8-20)17-6-21(7-17)30-24(34)23-3-4-33(31-23)12-15-10-28-25(29-11-15)32-13-18-5-19(18)14-32/h1-4,8,10-11,17-19,21H,5-7,12-14H2,(H,30,34). The molecule has 3 aliphatic rings. The van der Waals surface area contributed by atoms with Gasteiger partial charge in [0, 0.05) is 48.3 Å². The van der Waals surface area contributed by atoms with Crippen molar-refractivity contribution in [2.45, 2.75) is 37.8 Å². The molecule has 1 saturated heterocycles. The predicted molar refractivity (Wildman–Crippen MR) is 127 cm³/mol. The van der Waals surface area contributed by atoms with Gasteiger partial charge in [-0.25, -0.2) is 9.97 Å². The van der Waals surface area contributed by atoms with Crippen LogP contribution in [0.4, 0.5) is 5.95 Å². The van der Waals surface area contributed by atoms with Gasteiger partial charge in [-0.15, -0.1) is 0 Å². The molecule has 2 aromatic heterocycles. The quantitative estimate of drug-likeness (QED) is 0.589. The summed E-state index contributed by atoms with van der Waals surface area (Å²) in [5.41, 5.74) is 2.93. The number of hydrogen-bond acceptors (Lipinski definition) is 6. The molecule has 2 unspecified atom stereocenters. The fraction of sp³-hybridized carbons (Fsp3) is 0.400. The molecular weight excluding hydrogens is 450 g/mol. The number of aromatic nitrogens is 4. The monoisotopic (exact) mass is 473 g/mol. The normalized spacial score (nSPS) is 24.8. The minimum Gasteiger partial charge on any atom is -0.348 e. The van der Waals surface area contributed by atoms with Crippen LogP contribution in [-0.2, 0) is 6.54 Å². The first-order chi connectivity index (χ1) is 16.6. The van der Waals surface area contributed by atoms with Crippen molar-refractivity contribution in [3.05, 3.63) is 70.3 Å². The molecule has 1 aromatic carbocycles. The number of rotatable bonds is 6. The third-order valence-corrected chi connectivity index (χ3v) is 7.45. The number of nitriles is 1. The lowest BCUT2D eigenvalue weighted by molar-refractivity contribution is 0.0903. The van der Waals surface area contributed by atoms with Crippen LogP contribution in [0.15, 0.2) is 42.9 Å². The van der Waals surface area contributed by atoms with Crippen molar-refractivity contribution >= 4 is 23.5 Å². The summed E-state index contributed by atoms with van der Waals surface area (Å²) in [6.07, 6.45) is 8.40. The number of carbonyl (C=O) groups is 1. The average molecular weight is 474 g/mol. The first kappa shape index (κ1) is 21.1. The van der Waals surface area contributed by atoms with Crippen LogP contribution in [0.1, 0.15) is 52.4 Å². The Bertz CT molecular complexity index is 1270. The highest BCUT2D eigenvalue weighted by atomic mass is 35.5. The topological polar surface area (TPSA) is 99.7 Å². The van der Waals surface area contributed by atoms with Crippen LogP contribution in [-0.4, -0.2) is 44.8 Å². The Morgan fingerprint density at radius 3 is 2.65 bits per heavy atom. The third-order valence-electron chi connectivity index (χ3n) is 7.22. The second-order valence-electron chi connectivity index (χ2n) is 9.63. The van der Waals surface area contributed by atoms with Crippen LogP contribution in [0.25, 0.3) is 0 Å². The van der Waals surface area contributed by atoms with E-state index in [9.17, 15) is 10.1 Å². The van der Waals surface area contributed by atoms with Crippen molar-refractivity contribution in [2.75, 3.05) is 18.0 Å². The highest BCUT2D eigenvalue weighted by Gasteiger charge is 2.45. The Kier molecular flexibility index (Phi) is 5.22. The van der Waals surface area contributed by atoms with Crippen LogP contribution in [0, 0.1) is 23.2 Å². The van der Waals surface area contributed by atoms with E-state index in [0.717, 1.165) is 54.8 Å². The van der Waals surface area contributed by atoms with Crippen molar-refractivity contribution in [1.29, 1.82) is 5.26 Å². The summed E-state index contributed by atoms with van der Waals surface area (Å²) in [5, 5.41) is 17.4. The van der Waals surface area contributed by atoms with E-state index >= 15 is 0 Å². The maximum atomic E-state index is 12.7. The van der Waals surface area contributed by atoms with Gasteiger partial charge in [-0.05, 0) is 66.8 Å². The lowest BCUT2D eigenvalue weighted by Crippen LogP contribution is -2.43. The smallest absolute Gasteiger partial charge is 0.271 e. The highest BCUT2D eigenvalue weighted by Crippen LogP contribution is 2.45. The summed E-state index contributed by atoms with van der Waals surface area (Å²) in [5.74, 6) is 2.53. The number of halogens is 1. The van der Waals surface area contributed by atoms with Crippen molar-refractivity contribution in [2.24, 2.45) is 11.8 Å². The molecule has 3 aromatic rings. The molecule has 2 aliphatic carbocycles. The Hall–Kier alpha value is -3.44. The van der Waals surface area contributed by atoms with Gasteiger partial charge in [0.25, 0.3) is 5.91 Å². The summed E-state index contributed by atoms with van der Waals surface area (Å²) in [4.78, 5) is 24.0. The number of hydrogen-bond donors (Lipinski definition) is 1. The van der Waals surface area contributed by atoms with Gasteiger partial charge in [0.05, 0.1) is 18.2 Å². The van der Waals surface area contributed by atoms with Gasteiger partial charge in [0.1, 0.15) is 5.69 Å². The molecule has 3 heterocycles. The Balaban J connectivity index is 1.02. The maximum absolute atomic E-state index is 12.7. The van der Waals surface area contributed by atoms with Crippen LogP contribution in [0.2, 0.25) is 5.02 Å². The lowest BCUT2D eigenvalue weighted by atomic mass is 9.74. The number of fused-ring (bicyclic) bond motifs is 1. The number of carbonyl (C=O) groups excluding carboxylic acids is 1. The average Bonchev–Trinajstić information content (AvgIpc) is 3.18. The minimum atomic E-state index is -0.187. The van der Waals surface area contributed by atoms with E-state index < -0.39 is 0 Å². The van der Waals surface area contributed by atoms with Crippen LogP contribution in [0.5, 0.6) is 0 Å². The largest absolute Gasteiger partial charge is 0.348 e. The zero-order valence-electron chi connectivity index (χ0n) is 18.6. The van der Waals surface area contributed by atoms with E-state index in [4.69, 9.17) is 11.6 Å². The first-order valence-corrected chi connectivity index (χ1v) is 12.0. The lowest BCUT2D eigenvalue weighted by Gasteiger charge is -2.36. The third kappa shape index (κ3) is 4.12. The summed E-state index contributed by atoms with van der Waals surface area (Å²) in [6.45, 7) is 2.65. The number of nitrogens with zero attached hydrogens (tertiary/aromatic N) is 6. The summed E-state index contributed by atoms with van der Waals surface area (Å²) >= 11 is 6.10. The number of anilines is 1. The molecule has 0 radical (unpaired) electrons. The van der Waals surface area contributed by atoms with Crippen LogP contribution >= 0.6 is 11.6 Å². The van der Waals surface area contributed by atoms with Gasteiger partial charge >= 0.3 is 0 Å². The number of piperidine rings is 1. The van der Waals surface area contributed by atoms with Crippen molar-refractivity contribution in [1.82, 2.24) is 25.1 Å². The van der Waals surface area contributed by atoms with E-state index in [1.807, 2.05) is 18.5 Å². The van der Waals surface area contributed by atoms with E-state index in [1.54, 1.807) is 29.1 Å². The van der Waals surface area contributed by atoms with E-state index in [1.165, 1.54) is 6.42 Å². The first-order valence-electron chi connectivity index (χ1n) is 11.7. The number of benzene rings is 1. The molecule has 3 fully saturated rings. The Morgan fingerprint density at radius 2 is 1.91 bits per heavy atom. The summed E-state index contributed by atoms with van der Waals surface area (Å²) in [6, 6.07) is 9.35. The summed E-state index contributed by atoms with van der Waals surface area (Å²) < 4.78 is 1.73. The molecule has 2 atom stereocenters. The fourth-order valence-corrected chi connectivity index (χ4v) is 5.32. The molecule has 0 spiro atoms. The van der Waals surface area contributed by atoms with Crippen LogP contribution in [0.3, 0.4) is 0 Å². The van der Waals surface area contributed by atoms with Gasteiger partial charge in [0.2, 0.25) is 5.95 Å². The molecule has 34 heavy (non-hydrogen) atoms. The molecule has 1 amide bonds. The maximum Gasteiger partial charge on any atom is 0.271 e. The van der Waals surface area contributed by atoms with Crippen molar-refractivity contribution in [3.8, 4) is 6.07 Å². The number of amides is 1. The van der Waals surface area contributed by atoms with E-state index in [-0.39, 0.29) is 17.9 Å². The molecule has 0 bridgehead atoms. The molecule has 172 valence electrons. The predicted octanol–water partition coefficient (Wildman–Crippen LogP) is 3.38.